The van der Waals surface area contributed by atoms with E-state index >= 15 is 0 Å². The lowest BCUT2D eigenvalue weighted by Gasteiger charge is -2.39. The molecule has 2 bridgehead atoms. The number of hydrogen-bond acceptors (Lipinski definition) is 2. The van der Waals surface area contributed by atoms with Crippen LogP contribution < -0.4 is 5.73 Å². The Labute approximate surface area is 153 Å². The summed E-state index contributed by atoms with van der Waals surface area (Å²) in [6.45, 7) is 2.96. The lowest BCUT2D eigenvalue weighted by atomic mass is 9.83. The Balaban J connectivity index is 1.47. The molecule has 5 atom stereocenters. The number of nitrogens with two attached hydrogens (primary N) is 1. The summed E-state index contributed by atoms with van der Waals surface area (Å²) in [6, 6.07) is 6.85. The van der Waals surface area contributed by atoms with Crippen molar-refractivity contribution in [3.63, 3.8) is 0 Å². The molecular formula is C21H28F2N2O. The fraction of sp³-hybridized carbons (Fsp3) is 0.667. The van der Waals surface area contributed by atoms with E-state index in [4.69, 9.17) is 5.73 Å². The molecule has 26 heavy (non-hydrogen) atoms. The summed E-state index contributed by atoms with van der Waals surface area (Å²) in [6.07, 6.45) is 3.31. The third kappa shape index (κ3) is 3.04. The number of rotatable bonds is 4. The molecule has 3 nitrogen and oxygen atoms in total. The maximum Gasteiger partial charge on any atom is 0.263 e. The molecule has 0 spiro atoms. The van der Waals surface area contributed by atoms with Crippen molar-refractivity contribution in [1.29, 1.82) is 0 Å². The minimum Gasteiger partial charge on any atom is -0.337 e. The van der Waals surface area contributed by atoms with Crippen LogP contribution in [0.15, 0.2) is 24.3 Å². The van der Waals surface area contributed by atoms with E-state index in [0.29, 0.717) is 17.7 Å². The SMILES string of the molecule is CC1(Cc2ccc(C(F)F)cc2)CCCN1C(=O)C1CC2CC1CC2N. The first-order valence-corrected chi connectivity index (χ1v) is 9.81. The highest BCUT2D eigenvalue weighted by molar-refractivity contribution is 5.81. The molecule has 0 aromatic heterocycles. The lowest BCUT2D eigenvalue weighted by Crippen LogP contribution is -2.50. The van der Waals surface area contributed by atoms with Crippen LogP contribution in [0.25, 0.3) is 0 Å². The summed E-state index contributed by atoms with van der Waals surface area (Å²) in [5.74, 6) is 1.41. The normalized spacial score (nSPS) is 36.3. The maximum atomic E-state index is 13.3. The molecule has 1 aliphatic heterocycles. The molecule has 142 valence electrons. The smallest absolute Gasteiger partial charge is 0.263 e. The number of amides is 1. The van der Waals surface area contributed by atoms with E-state index < -0.39 is 6.43 Å². The number of alkyl halides is 2. The molecular weight excluding hydrogens is 334 g/mol. The second-order valence-corrected chi connectivity index (χ2v) is 8.81. The van der Waals surface area contributed by atoms with Gasteiger partial charge in [-0.1, -0.05) is 24.3 Å². The summed E-state index contributed by atoms with van der Waals surface area (Å²) in [5.41, 5.74) is 7.00. The number of hydrogen-bond donors (Lipinski definition) is 1. The second-order valence-electron chi connectivity index (χ2n) is 8.81. The minimum absolute atomic E-state index is 0.0524. The first-order chi connectivity index (χ1) is 12.4. The Hall–Kier alpha value is -1.49. The number of benzene rings is 1. The van der Waals surface area contributed by atoms with Gasteiger partial charge in [-0.2, -0.15) is 0 Å². The lowest BCUT2D eigenvalue weighted by molar-refractivity contribution is -0.141. The van der Waals surface area contributed by atoms with Crippen LogP contribution in [0.2, 0.25) is 0 Å². The average molecular weight is 362 g/mol. The van der Waals surface area contributed by atoms with Crippen LogP contribution in [0.1, 0.15) is 56.6 Å². The molecule has 1 saturated heterocycles. The Morgan fingerprint density at radius 3 is 2.54 bits per heavy atom. The number of carbonyl (C=O) groups excluding carboxylic acids is 1. The molecule has 4 rings (SSSR count). The molecule has 2 aliphatic carbocycles. The monoisotopic (exact) mass is 362 g/mol. The van der Waals surface area contributed by atoms with Gasteiger partial charge in [0.15, 0.2) is 0 Å². The van der Waals surface area contributed by atoms with Gasteiger partial charge >= 0.3 is 0 Å². The van der Waals surface area contributed by atoms with Gasteiger partial charge in [0, 0.05) is 29.6 Å². The zero-order valence-electron chi connectivity index (χ0n) is 15.3. The molecule has 1 amide bonds. The molecule has 3 aliphatic rings. The van der Waals surface area contributed by atoms with Crippen LogP contribution in [0, 0.1) is 17.8 Å². The Bertz CT molecular complexity index is 675. The van der Waals surface area contributed by atoms with Gasteiger partial charge < -0.3 is 10.6 Å². The standard InChI is InChI=1S/C21H28F2N2O/c1-21(12-13-3-5-14(6-4-13)19(22)23)7-2-8-25(21)20(26)17-10-16-9-15(17)11-18(16)24/h3-6,15-19H,2,7-12,24H2,1H3. The molecule has 1 aromatic carbocycles. The van der Waals surface area contributed by atoms with E-state index in [1.54, 1.807) is 12.1 Å². The first-order valence-electron chi connectivity index (χ1n) is 9.81. The van der Waals surface area contributed by atoms with E-state index in [9.17, 15) is 13.6 Å². The first kappa shape index (κ1) is 17.9. The number of likely N-dealkylation sites (tertiary alicyclic amines) is 1. The summed E-state index contributed by atoms with van der Waals surface area (Å²) in [5, 5.41) is 0. The van der Waals surface area contributed by atoms with Crippen LogP contribution in [0.3, 0.4) is 0 Å². The van der Waals surface area contributed by atoms with Crippen LogP contribution >= 0.6 is 0 Å². The molecule has 3 fully saturated rings. The zero-order valence-corrected chi connectivity index (χ0v) is 15.3. The summed E-state index contributed by atoms with van der Waals surface area (Å²) in [7, 11) is 0. The van der Waals surface area contributed by atoms with Gasteiger partial charge in [0.05, 0.1) is 0 Å². The topological polar surface area (TPSA) is 46.3 Å². The van der Waals surface area contributed by atoms with Crippen molar-refractivity contribution in [3.8, 4) is 0 Å². The van der Waals surface area contributed by atoms with E-state index in [1.165, 1.54) is 12.1 Å². The summed E-state index contributed by atoms with van der Waals surface area (Å²) < 4.78 is 25.5. The number of carbonyl (C=O) groups is 1. The van der Waals surface area contributed by atoms with Gasteiger partial charge in [0.1, 0.15) is 0 Å². The quantitative estimate of drug-likeness (QED) is 0.882. The van der Waals surface area contributed by atoms with Gasteiger partial charge in [-0.15, -0.1) is 0 Å². The molecule has 2 N–H and O–H groups in total. The molecule has 5 unspecified atom stereocenters. The largest absolute Gasteiger partial charge is 0.337 e. The molecule has 1 aromatic rings. The molecule has 5 heteroatoms. The van der Waals surface area contributed by atoms with Crippen LogP contribution in [0.5, 0.6) is 0 Å². The number of fused-ring (bicyclic) bond motifs is 2. The highest BCUT2D eigenvalue weighted by Crippen LogP contribution is 2.49. The van der Waals surface area contributed by atoms with Crippen molar-refractivity contribution in [1.82, 2.24) is 4.90 Å². The molecule has 0 radical (unpaired) electrons. The van der Waals surface area contributed by atoms with Crippen molar-refractivity contribution in [2.24, 2.45) is 23.5 Å². The van der Waals surface area contributed by atoms with E-state index in [-0.39, 0.29) is 23.1 Å². The highest BCUT2D eigenvalue weighted by Gasteiger charge is 2.51. The van der Waals surface area contributed by atoms with Crippen LogP contribution in [0.4, 0.5) is 8.78 Å². The Morgan fingerprint density at radius 1 is 1.23 bits per heavy atom. The van der Waals surface area contributed by atoms with Gasteiger partial charge in [-0.3, -0.25) is 4.79 Å². The van der Waals surface area contributed by atoms with Crippen molar-refractivity contribution >= 4 is 5.91 Å². The molecule has 2 saturated carbocycles. The zero-order chi connectivity index (χ0) is 18.5. The Kier molecular flexibility index (Phi) is 4.54. The van der Waals surface area contributed by atoms with Gasteiger partial charge in [-0.25, -0.2) is 8.78 Å². The average Bonchev–Trinajstić information content (AvgIpc) is 3.28. The summed E-state index contributed by atoms with van der Waals surface area (Å²) >= 11 is 0. The minimum atomic E-state index is -2.44. The fourth-order valence-electron chi connectivity index (χ4n) is 5.63. The van der Waals surface area contributed by atoms with Crippen molar-refractivity contribution in [2.45, 2.75) is 63.5 Å². The number of nitrogens with zero attached hydrogens (tertiary/aromatic N) is 1. The van der Waals surface area contributed by atoms with Crippen molar-refractivity contribution in [2.75, 3.05) is 6.54 Å². The second kappa shape index (κ2) is 6.59. The molecule has 1 heterocycles. The van der Waals surface area contributed by atoms with Gasteiger partial charge in [0.25, 0.3) is 6.43 Å². The predicted octanol–water partition coefficient (Wildman–Crippen LogP) is 3.92. The van der Waals surface area contributed by atoms with Gasteiger partial charge in [-0.05, 0) is 62.8 Å². The van der Waals surface area contributed by atoms with Crippen molar-refractivity contribution < 1.29 is 13.6 Å². The predicted molar refractivity (Wildman–Crippen MR) is 96.8 cm³/mol. The third-order valence-electron chi connectivity index (χ3n) is 7.06. The third-order valence-corrected chi connectivity index (χ3v) is 7.06. The summed E-state index contributed by atoms with van der Waals surface area (Å²) in [4.78, 5) is 15.4. The van der Waals surface area contributed by atoms with Crippen molar-refractivity contribution in [3.05, 3.63) is 35.4 Å². The Morgan fingerprint density at radius 2 is 1.96 bits per heavy atom. The highest BCUT2D eigenvalue weighted by atomic mass is 19.3. The number of halogens is 2. The fourth-order valence-corrected chi connectivity index (χ4v) is 5.63. The van der Waals surface area contributed by atoms with E-state index in [2.05, 4.69) is 11.8 Å². The maximum absolute atomic E-state index is 13.3. The van der Waals surface area contributed by atoms with E-state index in [1.807, 2.05) is 0 Å². The van der Waals surface area contributed by atoms with E-state index in [0.717, 1.165) is 50.6 Å². The van der Waals surface area contributed by atoms with Crippen LogP contribution in [-0.2, 0) is 11.2 Å². The van der Waals surface area contributed by atoms with Crippen LogP contribution in [-0.4, -0.2) is 28.9 Å². The van der Waals surface area contributed by atoms with Gasteiger partial charge in [0.2, 0.25) is 5.91 Å².